The van der Waals surface area contributed by atoms with Crippen LogP contribution in [0.25, 0.3) is 0 Å². The molecule has 1 aliphatic heterocycles. The first-order valence-electron chi connectivity index (χ1n) is 9.59. The van der Waals surface area contributed by atoms with E-state index in [1.165, 1.54) is 22.3 Å². The second-order valence-corrected chi connectivity index (χ2v) is 6.78. The van der Waals surface area contributed by atoms with Crippen LogP contribution < -0.4 is 14.8 Å². The van der Waals surface area contributed by atoms with E-state index in [1.807, 2.05) is 31.2 Å². The summed E-state index contributed by atoms with van der Waals surface area (Å²) in [6, 6.07) is 25.3. The van der Waals surface area contributed by atoms with Crippen molar-refractivity contribution in [2.45, 2.75) is 26.0 Å². The van der Waals surface area contributed by atoms with E-state index in [0.717, 1.165) is 24.5 Å². The molecule has 0 spiro atoms. The third kappa shape index (κ3) is 4.15. The number of hydrogen-bond acceptors (Lipinski definition) is 3. The maximum atomic E-state index is 6.01. The van der Waals surface area contributed by atoms with Crippen molar-refractivity contribution in [2.24, 2.45) is 0 Å². The van der Waals surface area contributed by atoms with Gasteiger partial charge >= 0.3 is 0 Å². The predicted molar refractivity (Wildman–Crippen MR) is 108 cm³/mol. The van der Waals surface area contributed by atoms with Crippen LogP contribution in [0.15, 0.2) is 72.8 Å². The van der Waals surface area contributed by atoms with E-state index in [-0.39, 0.29) is 6.04 Å². The van der Waals surface area contributed by atoms with Crippen LogP contribution in [0.5, 0.6) is 11.5 Å². The lowest BCUT2D eigenvalue weighted by Crippen LogP contribution is -2.30. The first kappa shape index (κ1) is 17.6. The zero-order valence-corrected chi connectivity index (χ0v) is 15.7. The second kappa shape index (κ2) is 8.28. The minimum atomic E-state index is 0.185. The largest absolute Gasteiger partial charge is 0.494 e. The molecule has 1 atom stereocenters. The maximum Gasteiger partial charge on any atom is 0.120 e. The molecule has 3 aromatic rings. The summed E-state index contributed by atoms with van der Waals surface area (Å²) in [5, 5.41) is 3.65. The first-order chi connectivity index (χ1) is 13.3. The fraction of sp³-hybridized carbons (Fsp3) is 0.250. The Hall–Kier alpha value is -2.78. The molecule has 138 valence electrons. The van der Waals surface area contributed by atoms with Crippen molar-refractivity contribution in [3.8, 4) is 11.5 Å². The Morgan fingerprint density at radius 3 is 2.59 bits per heavy atom. The molecule has 4 rings (SSSR count). The molecule has 0 fully saturated rings. The fourth-order valence-electron chi connectivity index (χ4n) is 3.62. The average molecular weight is 359 g/mol. The highest BCUT2D eigenvalue weighted by atomic mass is 16.5. The molecule has 1 N–H and O–H groups in total. The molecule has 0 amide bonds. The normalized spacial score (nSPS) is 15.8. The Labute approximate surface area is 161 Å². The van der Waals surface area contributed by atoms with Gasteiger partial charge in [0.1, 0.15) is 18.1 Å². The van der Waals surface area contributed by atoms with Gasteiger partial charge in [-0.2, -0.15) is 0 Å². The van der Waals surface area contributed by atoms with E-state index in [2.05, 4.69) is 53.8 Å². The van der Waals surface area contributed by atoms with Gasteiger partial charge in [0.25, 0.3) is 0 Å². The monoisotopic (exact) mass is 359 g/mol. The summed E-state index contributed by atoms with van der Waals surface area (Å²) in [6.45, 7) is 4.26. The highest BCUT2D eigenvalue weighted by molar-refractivity contribution is 5.45. The molecule has 0 aromatic heterocycles. The third-order valence-electron chi connectivity index (χ3n) is 4.92. The number of ether oxygens (including phenoxy) is 2. The van der Waals surface area contributed by atoms with E-state index in [4.69, 9.17) is 9.47 Å². The van der Waals surface area contributed by atoms with Crippen LogP contribution in [0.1, 0.15) is 35.2 Å². The van der Waals surface area contributed by atoms with E-state index >= 15 is 0 Å². The minimum absolute atomic E-state index is 0.185. The molecule has 0 aliphatic carbocycles. The molecule has 3 nitrogen and oxygen atoms in total. The lowest BCUT2D eigenvalue weighted by molar-refractivity contribution is 0.305. The molecular weight excluding hydrogens is 334 g/mol. The van der Waals surface area contributed by atoms with Gasteiger partial charge in [-0.05, 0) is 59.9 Å². The maximum absolute atomic E-state index is 6.01. The number of rotatable bonds is 6. The average Bonchev–Trinajstić information content (AvgIpc) is 2.73. The smallest absolute Gasteiger partial charge is 0.120 e. The molecule has 27 heavy (non-hydrogen) atoms. The van der Waals surface area contributed by atoms with Crippen LogP contribution in [-0.2, 0) is 13.0 Å². The van der Waals surface area contributed by atoms with Crippen LogP contribution >= 0.6 is 0 Å². The van der Waals surface area contributed by atoms with Crippen molar-refractivity contribution >= 4 is 0 Å². The molecular formula is C24H25NO2. The standard InChI is InChI=1S/C24H25NO2/c1-2-26-22-11-12-23-19(15-22)13-14-25-24(23)20-9-6-10-21(16-20)27-17-18-7-4-3-5-8-18/h3-12,15-16,24-25H,2,13-14,17H2,1H3. The van der Waals surface area contributed by atoms with E-state index < -0.39 is 0 Å². The summed E-state index contributed by atoms with van der Waals surface area (Å²) < 4.78 is 11.7. The molecule has 3 aromatic carbocycles. The number of nitrogens with one attached hydrogen (secondary N) is 1. The Morgan fingerprint density at radius 2 is 1.74 bits per heavy atom. The summed E-state index contributed by atoms with van der Waals surface area (Å²) in [6.07, 6.45) is 1.02. The van der Waals surface area contributed by atoms with Crippen LogP contribution in [0.4, 0.5) is 0 Å². The Morgan fingerprint density at radius 1 is 0.889 bits per heavy atom. The van der Waals surface area contributed by atoms with Crippen molar-refractivity contribution in [1.82, 2.24) is 5.32 Å². The van der Waals surface area contributed by atoms with Gasteiger partial charge in [0.15, 0.2) is 0 Å². The van der Waals surface area contributed by atoms with E-state index in [1.54, 1.807) is 0 Å². The molecule has 0 bridgehead atoms. The topological polar surface area (TPSA) is 30.5 Å². The van der Waals surface area contributed by atoms with Crippen molar-refractivity contribution in [3.05, 3.63) is 95.1 Å². The number of benzene rings is 3. The molecule has 3 heteroatoms. The first-order valence-corrected chi connectivity index (χ1v) is 9.59. The Bertz CT molecular complexity index is 892. The number of hydrogen-bond donors (Lipinski definition) is 1. The van der Waals surface area contributed by atoms with Crippen molar-refractivity contribution < 1.29 is 9.47 Å². The van der Waals surface area contributed by atoms with E-state index in [9.17, 15) is 0 Å². The fourth-order valence-corrected chi connectivity index (χ4v) is 3.62. The molecule has 1 heterocycles. The van der Waals surface area contributed by atoms with Crippen molar-refractivity contribution in [1.29, 1.82) is 0 Å². The van der Waals surface area contributed by atoms with Gasteiger partial charge in [-0.15, -0.1) is 0 Å². The molecule has 1 aliphatic rings. The van der Waals surface area contributed by atoms with E-state index in [0.29, 0.717) is 13.2 Å². The zero-order chi connectivity index (χ0) is 18.5. The summed E-state index contributed by atoms with van der Waals surface area (Å²) in [5.41, 5.74) is 5.09. The van der Waals surface area contributed by atoms with Gasteiger partial charge in [0.2, 0.25) is 0 Å². The predicted octanol–water partition coefficient (Wildman–Crippen LogP) is 4.90. The molecule has 0 saturated carbocycles. The van der Waals surface area contributed by atoms with Gasteiger partial charge in [-0.1, -0.05) is 48.5 Å². The van der Waals surface area contributed by atoms with Gasteiger partial charge < -0.3 is 14.8 Å². The Balaban J connectivity index is 1.54. The highest BCUT2D eigenvalue weighted by Gasteiger charge is 2.22. The SMILES string of the molecule is CCOc1ccc2c(c1)CCNC2c1cccc(OCc2ccccc2)c1. The number of fused-ring (bicyclic) bond motifs is 1. The lowest BCUT2D eigenvalue weighted by Gasteiger charge is -2.28. The second-order valence-electron chi connectivity index (χ2n) is 6.78. The summed E-state index contributed by atoms with van der Waals surface area (Å²) >= 11 is 0. The quantitative estimate of drug-likeness (QED) is 0.679. The summed E-state index contributed by atoms with van der Waals surface area (Å²) in [7, 11) is 0. The summed E-state index contributed by atoms with van der Waals surface area (Å²) in [5.74, 6) is 1.85. The van der Waals surface area contributed by atoms with Crippen molar-refractivity contribution in [3.63, 3.8) is 0 Å². The van der Waals surface area contributed by atoms with Crippen molar-refractivity contribution in [2.75, 3.05) is 13.2 Å². The van der Waals surface area contributed by atoms with Crippen LogP contribution in [0.3, 0.4) is 0 Å². The third-order valence-corrected chi connectivity index (χ3v) is 4.92. The highest BCUT2D eigenvalue weighted by Crippen LogP contribution is 2.32. The van der Waals surface area contributed by atoms with Gasteiger partial charge in [0, 0.05) is 6.54 Å². The van der Waals surface area contributed by atoms with Crippen LogP contribution in [0, 0.1) is 0 Å². The summed E-state index contributed by atoms with van der Waals surface area (Å²) in [4.78, 5) is 0. The molecule has 0 saturated heterocycles. The zero-order valence-electron chi connectivity index (χ0n) is 15.7. The molecule has 0 radical (unpaired) electrons. The molecule has 1 unspecified atom stereocenters. The lowest BCUT2D eigenvalue weighted by atomic mass is 9.89. The minimum Gasteiger partial charge on any atom is -0.494 e. The van der Waals surface area contributed by atoms with Gasteiger partial charge in [0.05, 0.1) is 12.6 Å². The van der Waals surface area contributed by atoms with Crippen LogP contribution in [0.2, 0.25) is 0 Å². The van der Waals surface area contributed by atoms with Gasteiger partial charge in [-0.25, -0.2) is 0 Å². The van der Waals surface area contributed by atoms with Crippen LogP contribution in [-0.4, -0.2) is 13.2 Å². The van der Waals surface area contributed by atoms with Gasteiger partial charge in [-0.3, -0.25) is 0 Å². The Kier molecular flexibility index (Phi) is 5.40.